The Balaban J connectivity index is 0.00000392. The van der Waals surface area contributed by atoms with Crippen LogP contribution < -0.4 is 25.0 Å². The van der Waals surface area contributed by atoms with Crippen LogP contribution in [-0.2, 0) is 6.54 Å². The van der Waals surface area contributed by atoms with E-state index >= 15 is 0 Å². The number of benzene rings is 2. The van der Waals surface area contributed by atoms with Crippen LogP contribution in [0.5, 0.6) is 11.5 Å². The number of ether oxygens (including phenoxy) is 2. The predicted octanol–water partition coefficient (Wildman–Crippen LogP) is 3.51. The molecule has 0 fully saturated rings. The second-order valence-corrected chi connectivity index (χ2v) is 6.45. The summed E-state index contributed by atoms with van der Waals surface area (Å²) >= 11 is 0. The van der Waals surface area contributed by atoms with Gasteiger partial charge in [-0.25, -0.2) is 0 Å². The standard InChI is InChI=1S/C21H30N4O2.HI/c1-16(27-20-9-7-6-8-19(20)26-5)14-23-21(22-2)24-15-17-10-12-18(13-11-17)25(3)4;/h6-13,16H,14-15H2,1-5H3,(H2,22,23,24);1H. The van der Waals surface area contributed by atoms with Crippen molar-refractivity contribution in [1.29, 1.82) is 0 Å². The second kappa shape index (κ2) is 12.3. The number of hydrogen-bond donors (Lipinski definition) is 2. The van der Waals surface area contributed by atoms with E-state index in [1.165, 1.54) is 11.3 Å². The summed E-state index contributed by atoms with van der Waals surface area (Å²) < 4.78 is 11.3. The number of hydrogen-bond acceptors (Lipinski definition) is 4. The van der Waals surface area contributed by atoms with Gasteiger partial charge in [0.15, 0.2) is 17.5 Å². The lowest BCUT2D eigenvalue weighted by atomic mass is 10.2. The highest BCUT2D eigenvalue weighted by molar-refractivity contribution is 14.0. The van der Waals surface area contributed by atoms with E-state index in [1.54, 1.807) is 14.2 Å². The summed E-state index contributed by atoms with van der Waals surface area (Å²) in [6.07, 6.45) is -0.0424. The molecule has 0 radical (unpaired) electrons. The number of methoxy groups -OCH3 is 1. The normalized spacial score (nSPS) is 11.8. The zero-order valence-corrected chi connectivity index (χ0v) is 19.6. The first-order valence-corrected chi connectivity index (χ1v) is 9.04. The van der Waals surface area contributed by atoms with Crippen LogP contribution in [0.2, 0.25) is 0 Å². The number of rotatable bonds is 8. The first-order chi connectivity index (χ1) is 13.0. The molecule has 7 heteroatoms. The molecule has 1 atom stereocenters. The number of nitrogens with zero attached hydrogens (tertiary/aromatic N) is 2. The van der Waals surface area contributed by atoms with Gasteiger partial charge in [-0.1, -0.05) is 24.3 Å². The van der Waals surface area contributed by atoms with Crippen LogP contribution in [0.15, 0.2) is 53.5 Å². The molecular weight excluding hydrogens is 467 g/mol. The van der Waals surface area contributed by atoms with Crippen molar-refractivity contribution in [3.05, 3.63) is 54.1 Å². The number of aliphatic imine (C=N–C) groups is 1. The average molecular weight is 498 g/mol. The number of nitrogens with one attached hydrogen (secondary N) is 2. The van der Waals surface area contributed by atoms with E-state index in [4.69, 9.17) is 9.47 Å². The van der Waals surface area contributed by atoms with Gasteiger partial charge in [0.25, 0.3) is 0 Å². The van der Waals surface area contributed by atoms with E-state index in [0.717, 1.165) is 17.5 Å². The van der Waals surface area contributed by atoms with Crippen molar-refractivity contribution in [3.63, 3.8) is 0 Å². The van der Waals surface area contributed by atoms with Crippen molar-refractivity contribution in [2.24, 2.45) is 4.99 Å². The van der Waals surface area contributed by atoms with E-state index in [1.807, 2.05) is 45.3 Å². The Labute approximate surface area is 185 Å². The molecule has 0 aliphatic carbocycles. The fourth-order valence-electron chi connectivity index (χ4n) is 2.53. The van der Waals surface area contributed by atoms with Gasteiger partial charge in [0.05, 0.1) is 13.7 Å². The van der Waals surface area contributed by atoms with E-state index in [2.05, 4.69) is 44.8 Å². The Kier molecular flexibility index (Phi) is 10.5. The number of anilines is 1. The smallest absolute Gasteiger partial charge is 0.191 e. The number of halogens is 1. The zero-order valence-electron chi connectivity index (χ0n) is 17.2. The van der Waals surface area contributed by atoms with Crippen LogP contribution in [0.25, 0.3) is 0 Å². The first-order valence-electron chi connectivity index (χ1n) is 9.04. The van der Waals surface area contributed by atoms with Gasteiger partial charge in [0.1, 0.15) is 6.10 Å². The SMILES string of the molecule is CN=C(NCc1ccc(N(C)C)cc1)NCC(C)Oc1ccccc1OC.I. The minimum Gasteiger partial charge on any atom is -0.493 e. The Morgan fingerprint density at radius 3 is 2.25 bits per heavy atom. The molecular formula is C21H31IN4O2. The Morgan fingerprint density at radius 1 is 1.04 bits per heavy atom. The highest BCUT2D eigenvalue weighted by Gasteiger charge is 2.09. The van der Waals surface area contributed by atoms with E-state index < -0.39 is 0 Å². The van der Waals surface area contributed by atoms with Gasteiger partial charge in [-0.2, -0.15) is 0 Å². The molecule has 0 aliphatic rings. The van der Waals surface area contributed by atoms with E-state index in [9.17, 15) is 0 Å². The first kappa shape index (κ1) is 23.9. The van der Waals surface area contributed by atoms with Crippen LogP contribution in [0.3, 0.4) is 0 Å². The van der Waals surface area contributed by atoms with Crippen LogP contribution in [0.4, 0.5) is 5.69 Å². The van der Waals surface area contributed by atoms with Crippen molar-refractivity contribution in [2.45, 2.75) is 19.6 Å². The summed E-state index contributed by atoms with van der Waals surface area (Å²) in [7, 11) is 7.47. The second-order valence-electron chi connectivity index (χ2n) is 6.45. The molecule has 2 N–H and O–H groups in total. The minimum absolute atomic E-state index is 0. The van der Waals surface area contributed by atoms with Crippen LogP contribution in [-0.4, -0.2) is 46.9 Å². The molecule has 0 amide bonds. The minimum atomic E-state index is -0.0424. The molecule has 154 valence electrons. The van der Waals surface area contributed by atoms with Crippen LogP contribution in [0.1, 0.15) is 12.5 Å². The van der Waals surface area contributed by atoms with Crippen LogP contribution >= 0.6 is 24.0 Å². The van der Waals surface area contributed by atoms with Gasteiger partial charge >= 0.3 is 0 Å². The van der Waals surface area contributed by atoms with Gasteiger partial charge in [-0.3, -0.25) is 4.99 Å². The summed E-state index contributed by atoms with van der Waals surface area (Å²) in [6.45, 7) is 3.33. The maximum absolute atomic E-state index is 5.95. The molecule has 2 rings (SSSR count). The van der Waals surface area contributed by atoms with Gasteiger partial charge < -0.3 is 25.0 Å². The highest BCUT2D eigenvalue weighted by Crippen LogP contribution is 2.26. The topological polar surface area (TPSA) is 58.1 Å². The van der Waals surface area contributed by atoms with Crippen molar-refractivity contribution in [1.82, 2.24) is 10.6 Å². The molecule has 28 heavy (non-hydrogen) atoms. The van der Waals surface area contributed by atoms with Gasteiger partial charge in [0, 0.05) is 33.4 Å². The van der Waals surface area contributed by atoms with Crippen molar-refractivity contribution < 1.29 is 9.47 Å². The van der Waals surface area contributed by atoms with Crippen molar-refractivity contribution >= 4 is 35.6 Å². The molecule has 0 heterocycles. The molecule has 1 unspecified atom stereocenters. The number of guanidine groups is 1. The van der Waals surface area contributed by atoms with Crippen molar-refractivity contribution in [3.8, 4) is 11.5 Å². The molecule has 0 spiro atoms. The molecule has 0 saturated heterocycles. The lowest BCUT2D eigenvalue weighted by Crippen LogP contribution is -2.41. The fraction of sp³-hybridized carbons (Fsp3) is 0.381. The average Bonchev–Trinajstić information content (AvgIpc) is 2.68. The molecule has 2 aromatic carbocycles. The summed E-state index contributed by atoms with van der Waals surface area (Å²) in [4.78, 5) is 6.35. The summed E-state index contributed by atoms with van der Waals surface area (Å²) in [5.41, 5.74) is 2.38. The Hall–Kier alpha value is -2.16. The monoisotopic (exact) mass is 498 g/mol. The molecule has 2 aromatic rings. The highest BCUT2D eigenvalue weighted by atomic mass is 127. The zero-order chi connectivity index (χ0) is 19.6. The van der Waals surface area contributed by atoms with Gasteiger partial charge in [-0.05, 0) is 36.8 Å². The van der Waals surface area contributed by atoms with E-state index in [-0.39, 0.29) is 30.1 Å². The third kappa shape index (κ3) is 7.46. The molecule has 0 aromatic heterocycles. The Bertz CT molecular complexity index is 735. The summed E-state index contributed by atoms with van der Waals surface area (Å²) in [6, 6.07) is 16.1. The van der Waals surface area contributed by atoms with Gasteiger partial charge in [-0.15, -0.1) is 24.0 Å². The largest absolute Gasteiger partial charge is 0.493 e. The lowest BCUT2D eigenvalue weighted by Gasteiger charge is -2.19. The fourth-order valence-corrected chi connectivity index (χ4v) is 2.53. The maximum Gasteiger partial charge on any atom is 0.191 e. The maximum atomic E-state index is 5.95. The molecule has 0 saturated carbocycles. The number of para-hydroxylation sites is 2. The molecule has 0 bridgehead atoms. The van der Waals surface area contributed by atoms with Crippen LogP contribution in [0, 0.1) is 0 Å². The lowest BCUT2D eigenvalue weighted by molar-refractivity contribution is 0.213. The third-order valence-corrected chi connectivity index (χ3v) is 4.09. The molecule has 0 aliphatic heterocycles. The van der Waals surface area contributed by atoms with E-state index in [0.29, 0.717) is 13.1 Å². The predicted molar refractivity (Wildman–Crippen MR) is 127 cm³/mol. The quantitative estimate of drug-likeness (QED) is 0.332. The Morgan fingerprint density at radius 2 is 1.68 bits per heavy atom. The van der Waals surface area contributed by atoms with Gasteiger partial charge in [0.2, 0.25) is 0 Å². The summed E-state index contributed by atoms with van der Waals surface area (Å²) in [5.74, 6) is 2.20. The van der Waals surface area contributed by atoms with Crippen molar-refractivity contribution in [2.75, 3.05) is 39.7 Å². The molecule has 6 nitrogen and oxygen atoms in total. The third-order valence-electron chi connectivity index (χ3n) is 4.09. The summed E-state index contributed by atoms with van der Waals surface area (Å²) in [5, 5.41) is 6.61.